The van der Waals surface area contributed by atoms with Crippen molar-refractivity contribution in [2.45, 2.75) is 33.1 Å². The maximum atomic E-state index is 11.9. The average molecular weight is 337 g/mol. The zero-order valence-electron chi connectivity index (χ0n) is 13.9. The molecule has 0 saturated carbocycles. The third-order valence-electron chi connectivity index (χ3n) is 4.20. The molecule has 1 aromatic rings. The highest BCUT2D eigenvalue weighted by atomic mass is 16.6. The summed E-state index contributed by atoms with van der Waals surface area (Å²) in [5.41, 5.74) is -0.668. The molecule has 1 aromatic carbocycles. The van der Waals surface area contributed by atoms with E-state index in [9.17, 15) is 24.8 Å². The van der Waals surface area contributed by atoms with Gasteiger partial charge in [0.2, 0.25) is 5.91 Å². The SMILES string of the molecule is CCC(CC)(CNC(=O)CCNc1ccccc1[N+](=O)[O-])C(=O)O. The molecule has 0 bridgehead atoms. The van der Waals surface area contributed by atoms with Crippen LogP contribution >= 0.6 is 0 Å². The van der Waals surface area contributed by atoms with E-state index < -0.39 is 16.3 Å². The number of hydrogen-bond acceptors (Lipinski definition) is 5. The number of rotatable bonds is 10. The molecule has 0 saturated heterocycles. The first-order chi connectivity index (χ1) is 11.4. The molecule has 0 aliphatic rings. The number of carboxylic acid groups (broad SMARTS) is 1. The summed E-state index contributed by atoms with van der Waals surface area (Å²) in [6.45, 7) is 3.84. The Kier molecular flexibility index (Phi) is 7.16. The first-order valence-electron chi connectivity index (χ1n) is 7.83. The predicted molar refractivity (Wildman–Crippen MR) is 89.9 cm³/mol. The maximum Gasteiger partial charge on any atom is 0.311 e. The number of para-hydroxylation sites is 2. The minimum Gasteiger partial charge on any atom is -0.481 e. The number of hydrogen-bond donors (Lipinski definition) is 3. The van der Waals surface area contributed by atoms with Crippen LogP contribution in [-0.4, -0.2) is 35.0 Å². The Morgan fingerprint density at radius 3 is 2.42 bits per heavy atom. The normalized spacial score (nSPS) is 10.9. The third-order valence-corrected chi connectivity index (χ3v) is 4.20. The molecule has 0 heterocycles. The van der Waals surface area contributed by atoms with Gasteiger partial charge in [0.1, 0.15) is 5.69 Å². The summed E-state index contributed by atoms with van der Waals surface area (Å²) < 4.78 is 0. The van der Waals surface area contributed by atoms with E-state index in [0.717, 1.165) is 0 Å². The van der Waals surface area contributed by atoms with Crippen LogP contribution in [0.4, 0.5) is 11.4 Å². The Labute approximate surface area is 140 Å². The van der Waals surface area contributed by atoms with E-state index in [1.165, 1.54) is 6.07 Å². The van der Waals surface area contributed by atoms with Gasteiger partial charge in [0.15, 0.2) is 0 Å². The van der Waals surface area contributed by atoms with E-state index in [1.807, 2.05) is 0 Å². The lowest BCUT2D eigenvalue weighted by Crippen LogP contribution is -2.42. The number of carbonyl (C=O) groups excluding carboxylic acids is 1. The van der Waals surface area contributed by atoms with E-state index >= 15 is 0 Å². The highest BCUT2D eigenvalue weighted by Gasteiger charge is 2.34. The van der Waals surface area contributed by atoms with Gasteiger partial charge in [0, 0.05) is 25.6 Å². The summed E-state index contributed by atoms with van der Waals surface area (Å²) >= 11 is 0. The molecule has 0 aliphatic heterocycles. The summed E-state index contributed by atoms with van der Waals surface area (Å²) in [6, 6.07) is 6.18. The number of nitrogens with one attached hydrogen (secondary N) is 2. The van der Waals surface area contributed by atoms with E-state index in [-0.39, 0.29) is 31.1 Å². The lowest BCUT2D eigenvalue weighted by molar-refractivity contribution is -0.384. The second-order valence-corrected chi connectivity index (χ2v) is 5.52. The van der Waals surface area contributed by atoms with Gasteiger partial charge in [-0.2, -0.15) is 0 Å². The maximum absolute atomic E-state index is 11.9. The summed E-state index contributed by atoms with van der Waals surface area (Å²) in [5, 5.41) is 25.7. The molecule has 132 valence electrons. The highest BCUT2D eigenvalue weighted by Crippen LogP contribution is 2.26. The third kappa shape index (κ3) is 4.94. The zero-order valence-corrected chi connectivity index (χ0v) is 13.9. The van der Waals surface area contributed by atoms with Crippen molar-refractivity contribution in [1.29, 1.82) is 0 Å². The Morgan fingerprint density at radius 1 is 1.25 bits per heavy atom. The van der Waals surface area contributed by atoms with Crippen molar-refractivity contribution >= 4 is 23.3 Å². The number of benzene rings is 1. The molecule has 0 fully saturated rings. The average Bonchev–Trinajstić information content (AvgIpc) is 2.56. The molecule has 0 spiro atoms. The molecule has 3 N–H and O–H groups in total. The van der Waals surface area contributed by atoms with Crippen LogP contribution < -0.4 is 10.6 Å². The Hall–Kier alpha value is -2.64. The second kappa shape index (κ2) is 8.85. The standard InChI is InChI=1S/C16H23N3O5/c1-3-16(4-2,15(21)22)11-18-14(20)9-10-17-12-7-5-6-8-13(12)19(23)24/h5-8,17H,3-4,9-11H2,1-2H3,(H,18,20)(H,21,22). The lowest BCUT2D eigenvalue weighted by atomic mass is 9.82. The monoisotopic (exact) mass is 337 g/mol. The predicted octanol–water partition coefficient (Wildman–Crippen LogP) is 2.40. The van der Waals surface area contributed by atoms with Gasteiger partial charge in [0.25, 0.3) is 5.69 Å². The van der Waals surface area contributed by atoms with Gasteiger partial charge in [0.05, 0.1) is 10.3 Å². The number of carboxylic acids is 1. The summed E-state index contributed by atoms with van der Waals surface area (Å²) in [7, 11) is 0. The van der Waals surface area contributed by atoms with Gasteiger partial charge in [-0.05, 0) is 18.9 Å². The van der Waals surface area contributed by atoms with Crippen LogP contribution in [0.25, 0.3) is 0 Å². The zero-order chi connectivity index (χ0) is 18.2. The van der Waals surface area contributed by atoms with Gasteiger partial charge in [-0.15, -0.1) is 0 Å². The van der Waals surface area contributed by atoms with Crippen LogP contribution in [0.15, 0.2) is 24.3 Å². The molecule has 24 heavy (non-hydrogen) atoms. The summed E-state index contributed by atoms with van der Waals surface area (Å²) in [6.07, 6.45) is 0.941. The van der Waals surface area contributed by atoms with Crippen molar-refractivity contribution in [3.63, 3.8) is 0 Å². The van der Waals surface area contributed by atoms with Crippen LogP contribution in [0.2, 0.25) is 0 Å². The number of nitrogens with zero attached hydrogens (tertiary/aromatic N) is 1. The molecule has 1 amide bonds. The highest BCUT2D eigenvalue weighted by molar-refractivity contribution is 5.79. The van der Waals surface area contributed by atoms with Crippen molar-refractivity contribution in [3.05, 3.63) is 34.4 Å². The Morgan fingerprint density at radius 2 is 1.88 bits per heavy atom. The first-order valence-corrected chi connectivity index (χ1v) is 7.83. The molecule has 1 rings (SSSR count). The van der Waals surface area contributed by atoms with Crippen molar-refractivity contribution in [2.24, 2.45) is 5.41 Å². The first kappa shape index (κ1) is 19.4. The molecule has 0 atom stereocenters. The molecule has 0 aliphatic carbocycles. The number of aliphatic carboxylic acids is 1. The van der Waals surface area contributed by atoms with E-state index in [4.69, 9.17) is 0 Å². The largest absolute Gasteiger partial charge is 0.481 e. The summed E-state index contributed by atoms with van der Waals surface area (Å²) in [5.74, 6) is -1.22. The minimum absolute atomic E-state index is 0.0558. The molecule has 0 aromatic heterocycles. The molecule has 8 heteroatoms. The fraction of sp³-hybridized carbons (Fsp3) is 0.500. The van der Waals surface area contributed by atoms with Crippen molar-refractivity contribution in [3.8, 4) is 0 Å². The van der Waals surface area contributed by atoms with Crippen LogP contribution in [0.3, 0.4) is 0 Å². The lowest BCUT2D eigenvalue weighted by Gasteiger charge is -2.26. The molecule has 0 radical (unpaired) electrons. The van der Waals surface area contributed by atoms with Gasteiger partial charge < -0.3 is 15.7 Å². The Bertz CT molecular complexity index is 599. The summed E-state index contributed by atoms with van der Waals surface area (Å²) in [4.78, 5) is 33.6. The van der Waals surface area contributed by atoms with Gasteiger partial charge in [-0.1, -0.05) is 26.0 Å². The number of nitro groups is 1. The van der Waals surface area contributed by atoms with Crippen LogP contribution in [-0.2, 0) is 9.59 Å². The van der Waals surface area contributed by atoms with E-state index in [2.05, 4.69) is 10.6 Å². The number of nitro benzene ring substituents is 1. The van der Waals surface area contributed by atoms with E-state index in [1.54, 1.807) is 32.0 Å². The van der Waals surface area contributed by atoms with Crippen molar-refractivity contribution in [1.82, 2.24) is 5.32 Å². The smallest absolute Gasteiger partial charge is 0.311 e. The fourth-order valence-electron chi connectivity index (χ4n) is 2.33. The number of amides is 1. The Balaban J connectivity index is 2.50. The van der Waals surface area contributed by atoms with Gasteiger partial charge >= 0.3 is 5.97 Å². The topological polar surface area (TPSA) is 122 Å². The van der Waals surface area contributed by atoms with Crippen LogP contribution in [0.1, 0.15) is 33.1 Å². The fourth-order valence-corrected chi connectivity index (χ4v) is 2.33. The molecular formula is C16H23N3O5. The molecular weight excluding hydrogens is 314 g/mol. The van der Waals surface area contributed by atoms with Crippen LogP contribution in [0, 0.1) is 15.5 Å². The van der Waals surface area contributed by atoms with Crippen molar-refractivity contribution < 1.29 is 19.6 Å². The quantitative estimate of drug-likeness (QED) is 0.445. The van der Waals surface area contributed by atoms with Crippen LogP contribution in [0.5, 0.6) is 0 Å². The van der Waals surface area contributed by atoms with Gasteiger partial charge in [-0.25, -0.2) is 0 Å². The second-order valence-electron chi connectivity index (χ2n) is 5.52. The van der Waals surface area contributed by atoms with Gasteiger partial charge in [-0.3, -0.25) is 19.7 Å². The van der Waals surface area contributed by atoms with Crippen molar-refractivity contribution in [2.75, 3.05) is 18.4 Å². The number of anilines is 1. The molecule has 8 nitrogen and oxygen atoms in total. The number of carbonyl (C=O) groups is 2. The van der Waals surface area contributed by atoms with E-state index in [0.29, 0.717) is 18.5 Å². The minimum atomic E-state index is -0.957. The molecule has 0 unspecified atom stereocenters.